The molecule has 0 amide bonds. The molecular weight excluding hydrogens is 216 g/mol. The number of nitrogens with zero attached hydrogens (tertiary/aromatic N) is 1. The van der Waals surface area contributed by atoms with E-state index in [0.717, 1.165) is 18.7 Å². The molecule has 0 radical (unpaired) electrons. The van der Waals surface area contributed by atoms with Crippen molar-refractivity contribution in [3.63, 3.8) is 0 Å². The molecule has 1 aromatic rings. The highest BCUT2D eigenvalue weighted by Crippen LogP contribution is 2.22. The standard InChI is InChI=1S/C13H24N2S/c1-6-14-11(5)12(9(2)3)7-13-15-10(4)8-16-13/h8-9,11-12,14H,6-7H2,1-5H3. The lowest BCUT2D eigenvalue weighted by Gasteiger charge is -2.27. The molecule has 0 saturated carbocycles. The summed E-state index contributed by atoms with van der Waals surface area (Å²) in [5.41, 5.74) is 1.15. The van der Waals surface area contributed by atoms with Crippen molar-refractivity contribution in [1.29, 1.82) is 0 Å². The zero-order valence-corrected chi connectivity index (χ0v) is 11.9. The second-order valence-corrected chi connectivity index (χ2v) is 5.78. The lowest BCUT2D eigenvalue weighted by molar-refractivity contribution is 0.291. The van der Waals surface area contributed by atoms with Gasteiger partial charge in [0.25, 0.3) is 0 Å². The monoisotopic (exact) mass is 240 g/mol. The van der Waals surface area contributed by atoms with Crippen LogP contribution in [0.4, 0.5) is 0 Å². The van der Waals surface area contributed by atoms with Crippen molar-refractivity contribution in [3.8, 4) is 0 Å². The minimum atomic E-state index is 0.564. The van der Waals surface area contributed by atoms with Gasteiger partial charge in [-0.3, -0.25) is 0 Å². The minimum Gasteiger partial charge on any atom is -0.314 e. The van der Waals surface area contributed by atoms with E-state index >= 15 is 0 Å². The molecule has 0 fully saturated rings. The van der Waals surface area contributed by atoms with Crippen LogP contribution in [-0.2, 0) is 6.42 Å². The Morgan fingerprint density at radius 1 is 1.38 bits per heavy atom. The van der Waals surface area contributed by atoms with Crippen molar-refractivity contribution in [2.75, 3.05) is 6.54 Å². The summed E-state index contributed by atoms with van der Waals surface area (Å²) in [6, 6.07) is 0.564. The fraction of sp³-hybridized carbons (Fsp3) is 0.769. The Kier molecular flexibility index (Phi) is 5.42. The third-order valence-electron chi connectivity index (χ3n) is 3.10. The van der Waals surface area contributed by atoms with Crippen LogP contribution in [0, 0.1) is 18.8 Å². The summed E-state index contributed by atoms with van der Waals surface area (Å²) in [6.07, 6.45) is 1.10. The Morgan fingerprint density at radius 3 is 2.50 bits per heavy atom. The van der Waals surface area contributed by atoms with Gasteiger partial charge in [-0.05, 0) is 32.2 Å². The van der Waals surface area contributed by atoms with Gasteiger partial charge in [0.15, 0.2) is 0 Å². The van der Waals surface area contributed by atoms with Crippen molar-refractivity contribution in [2.45, 2.75) is 47.1 Å². The van der Waals surface area contributed by atoms with Crippen LogP contribution in [-0.4, -0.2) is 17.6 Å². The fourth-order valence-electron chi connectivity index (χ4n) is 2.16. The van der Waals surface area contributed by atoms with Gasteiger partial charge in [-0.25, -0.2) is 4.98 Å². The summed E-state index contributed by atoms with van der Waals surface area (Å²) >= 11 is 1.79. The summed E-state index contributed by atoms with van der Waals surface area (Å²) in [6.45, 7) is 12.2. The quantitative estimate of drug-likeness (QED) is 0.825. The van der Waals surface area contributed by atoms with E-state index in [1.165, 1.54) is 5.01 Å². The first-order valence-electron chi connectivity index (χ1n) is 6.19. The lowest BCUT2D eigenvalue weighted by Crippen LogP contribution is -2.37. The number of hydrogen-bond donors (Lipinski definition) is 1. The SMILES string of the molecule is CCNC(C)C(Cc1nc(C)cs1)C(C)C. The second-order valence-electron chi connectivity index (χ2n) is 4.84. The Balaban J connectivity index is 2.64. The van der Waals surface area contributed by atoms with Crippen molar-refractivity contribution >= 4 is 11.3 Å². The van der Waals surface area contributed by atoms with Gasteiger partial charge in [-0.2, -0.15) is 0 Å². The second kappa shape index (κ2) is 6.36. The first-order chi connectivity index (χ1) is 7.54. The van der Waals surface area contributed by atoms with Crippen molar-refractivity contribution < 1.29 is 0 Å². The third-order valence-corrected chi connectivity index (χ3v) is 4.09. The van der Waals surface area contributed by atoms with Crippen LogP contribution in [0.2, 0.25) is 0 Å². The maximum atomic E-state index is 4.57. The van der Waals surface area contributed by atoms with Crippen LogP contribution >= 0.6 is 11.3 Å². The normalized spacial score (nSPS) is 15.4. The fourth-order valence-corrected chi connectivity index (χ4v) is 3.01. The molecule has 16 heavy (non-hydrogen) atoms. The molecule has 0 aliphatic heterocycles. The van der Waals surface area contributed by atoms with Crippen LogP contribution in [0.15, 0.2) is 5.38 Å². The van der Waals surface area contributed by atoms with E-state index in [1.807, 2.05) is 0 Å². The van der Waals surface area contributed by atoms with Gasteiger partial charge < -0.3 is 5.32 Å². The zero-order valence-electron chi connectivity index (χ0n) is 11.1. The van der Waals surface area contributed by atoms with E-state index < -0.39 is 0 Å². The van der Waals surface area contributed by atoms with E-state index in [0.29, 0.717) is 17.9 Å². The highest BCUT2D eigenvalue weighted by Gasteiger charge is 2.21. The van der Waals surface area contributed by atoms with Gasteiger partial charge in [-0.1, -0.05) is 20.8 Å². The van der Waals surface area contributed by atoms with Crippen LogP contribution in [0.25, 0.3) is 0 Å². The topological polar surface area (TPSA) is 24.9 Å². The van der Waals surface area contributed by atoms with Crippen LogP contribution in [0.5, 0.6) is 0 Å². The molecule has 2 atom stereocenters. The molecule has 1 aromatic heterocycles. The van der Waals surface area contributed by atoms with E-state index in [-0.39, 0.29) is 0 Å². The molecule has 1 rings (SSSR count). The Morgan fingerprint density at radius 2 is 2.06 bits per heavy atom. The summed E-state index contributed by atoms with van der Waals surface area (Å²) in [7, 11) is 0. The van der Waals surface area contributed by atoms with Crippen molar-refractivity contribution in [2.24, 2.45) is 11.8 Å². The van der Waals surface area contributed by atoms with E-state index in [9.17, 15) is 0 Å². The van der Waals surface area contributed by atoms with Crippen LogP contribution in [0.1, 0.15) is 38.4 Å². The number of thiazole rings is 1. The molecule has 0 aliphatic rings. The molecule has 0 saturated heterocycles. The summed E-state index contributed by atoms with van der Waals surface area (Å²) in [5.74, 6) is 1.36. The maximum Gasteiger partial charge on any atom is 0.0931 e. The summed E-state index contributed by atoms with van der Waals surface area (Å²) < 4.78 is 0. The van der Waals surface area contributed by atoms with E-state index in [2.05, 4.69) is 50.3 Å². The predicted molar refractivity (Wildman–Crippen MR) is 72.0 cm³/mol. The van der Waals surface area contributed by atoms with Crippen LogP contribution in [0.3, 0.4) is 0 Å². The maximum absolute atomic E-state index is 4.57. The van der Waals surface area contributed by atoms with Gasteiger partial charge >= 0.3 is 0 Å². The number of aryl methyl sites for hydroxylation is 1. The van der Waals surface area contributed by atoms with Crippen molar-refractivity contribution in [1.82, 2.24) is 10.3 Å². The highest BCUT2D eigenvalue weighted by molar-refractivity contribution is 7.09. The molecular formula is C13H24N2S. The first-order valence-corrected chi connectivity index (χ1v) is 7.07. The third kappa shape index (κ3) is 3.87. The Hall–Kier alpha value is -0.410. The molecule has 2 unspecified atom stereocenters. The zero-order chi connectivity index (χ0) is 12.1. The number of rotatable bonds is 6. The van der Waals surface area contributed by atoms with Gasteiger partial charge in [0.05, 0.1) is 5.01 Å². The van der Waals surface area contributed by atoms with E-state index in [1.54, 1.807) is 11.3 Å². The molecule has 3 heteroatoms. The molecule has 0 aromatic carbocycles. The molecule has 0 spiro atoms. The number of nitrogens with one attached hydrogen (secondary N) is 1. The lowest BCUT2D eigenvalue weighted by atomic mass is 9.86. The Bertz CT molecular complexity index is 307. The number of aromatic nitrogens is 1. The summed E-state index contributed by atoms with van der Waals surface area (Å²) in [4.78, 5) is 4.57. The first kappa shape index (κ1) is 13.7. The van der Waals surface area contributed by atoms with Crippen molar-refractivity contribution in [3.05, 3.63) is 16.1 Å². The molecule has 92 valence electrons. The summed E-state index contributed by atoms with van der Waals surface area (Å²) in [5, 5.41) is 6.95. The molecule has 1 heterocycles. The predicted octanol–water partition coefficient (Wildman–Crippen LogP) is 3.26. The molecule has 0 aliphatic carbocycles. The van der Waals surface area contributed by atoms with Gasteiger partial charge in [0.1, 0.15) is 0 Å². The average Bonchev–Trinajstić information content (AvgIpc) is 2.60. The molecule has 2 nitrogen and oxygen atoms in total. The average molecular weight is 240 g/mol. The minimum absolute atomic E-state index is 0.564. The highest BCUT2D eigenvalue weighted by atomic mass is 32.1. The van der Waals surface area contributed by atoms with Gasteiger partial charge in [0.2, 0.25) is 0 Å². The van der Waals surface area contributed by atoms with Gasteiger partial charge in [-0.15, -0.1) is 11.3 Å². The molecule has 0 bridgehead atoms. The molecule has 1 N–H and O–H groups in total. The van der Waals surface area contributed by atoms with Gasteiger partial charge in [0, 0.05) is 23.5 Å². The van der Waals surface area contributed by atoms with E-state index in [4.69, 9.17) is 0 Å². The van der Waals surface area contributed by atoms with Crippen LogP contribution < -0.4 is 5.32 Å². The largest absolute Gasteiger partial charge is 0.314 e. The number of hydrogen-bond acceptors (Lipinski definition) is 3. The smallest absolute Gasteiger partial charge is 0.0931 e. The Labute approximate surface area is 103 Å².